The summed E-state index contributed by atoms with van der Waals surface area (Å²) in [5.41, 5.74) is 12.0. The first kappa shape index (κ1) is 24.9. The number of aryl methyl sites for hydroxylation is 1. The van der Waals surface area contributed by atoms with Crippen molar-refractivity contribution in [1.82, 2.24) is 30.0 Å². The number of nitrogens with two attached hydrogens (primary N) is 1. The highest BCUT2D eigenvalue weighted by Gasteiger charge is 2.36. The highest BCUT2D eigenvalue weighted by atomic mass is 16.5. The zero-order valence-electron chi connectivity index (χ0n) is 21.3. The summed E-state index contributed by atoms with van der Waals surface area (Å²) in [5.74, 6) is 0.351. The molecule has 0 saturated carbocycles. The minimum atomic E-state index is -0.252. The molecule has 10 heteroatoms. The molecule has 3 aromatic rings. The second-order valence-corrected chi connectivity index (χ2v) is 10.2. The van der Waals surface area contributed by atoms with Crippen molar-refractivity contribution in [2.24, 2.45) is 5.41 Å². The Morgan fingerprint density at radius 3 is 2.89 bits per heavy atom. The highest BCUT2D eigenvalue weighted by molar-refractivity contribution is 5.93. The number of nitrogens with zero attached hydrogens (tertiary/aromatic N) is 6. The minimum absolute atomic E-state index is 0.228. The van der Waals surface area contributed by atoms with E-state index in [1.54, 1.807) is 12.4 Å². The number of amides is 1. The van der Waals surface area contributed by atoms with Gasteiger partial charge in [-0.1, -0.05) is 0 Å². The van der Waals surface area contributed by atoms with Gasteiger partial charge < -0.3 is 25.5 Å². The van der Waals surface area contributed by atoms with Gasteiger partial charge in [-0.05, 0) is 62.1 Å². The third kappa shape index (κ3) is 5.19. The maximum atomic E-state index is 12.9. The average molecular weight is 501 g/mol. The van der Waals surface area contributed by atoms with Crippen molar-refractivity contribution in [3.05, 3.63) is 64.4 Å². The van der Waals surface area contributed by atoms with E-state index < -0.39 is 0 Å². The average Bonchev–Trinajstić information content (AvgIpc) is 3.38. The smallest absolute Gasteiger partial charge is 0.254 e. The molecule has 37 heavy (non-hydrogen) atoms. The van der Waals surface area contributed by atoms with E-state index >= 15 is 0 Å². The van der Waals surface area contributed by atoms with Crippen molar-refractivity contribution in [2.45, 2.75) is 32.7 Å². The Hall–Kier alpha value is -3.81. The first-order valence-electron chi connectivity index (χ1n) is 12.6. The summed E-state index contributed by atoms with van der Waals surface area (Å²) >= 11 is 0. The van der Waals surface area contributed by atoms with Gasteiger partial charge in [0.25, 0.3) is 5.91 Å². The third-order valence-corrected chi connectivity index (χ3v) is 7.48. The largest absolute Gasteiger partial charge is 0.381 e. The molecule has 1 amide bonds. The molecule has 3 N–H and O–H groups in total. The monoisotopic (exact) mass is 500 g/mol. The second kappa shape index (κ2) is 10.3. The van der Waals surface area contributed by atoms with Gasteiger partial charge in [0.15, 0.2) is 11.6 Å². The number of aromatic nitrogens is 4. The van der Waals surface area contributed by atoms with E-state index in [0.717, 1.165) is 37.9 Å². The van der Waals surface area contributed by atoms with Crippen molar-refractivity contribution in [2.75, 3.05) is 45.6 Å². The van der Waals surface area contributed by atoms with Gasteiger partial charge in [0.05, 0.1) is 29.1 Å². The molecule has 0 unspecified atom stereocenters. The van der Waals surface area contributed by atoms with Crippen LogP contribution >= 0.6 is 0 Å². The Kier molecular flexibility index (Phi) is 6.91. The minimum Gasteiger partial charge on any atom is -0.381 e. The third-order valence-electron chi connectivity index (χ3n) is 7.48. The number of nitrogen functional groups attached to an aromatic ring is 1. The SMILES string of the molecule is [C-]#[N+]CC1(CNC(=O)c2cnn(-c3nc(-c4cc(C)c5c(c4)CN(C)CC5)cnc3N)c2)CCOCC1. The molecule has 0 atom stereocenters. The van der Waals surface area contributed by atoms with Gasteiger partial charge in [0, 0.05) is 44.6 Å². The number of carbonyl (C=O) groups excluding carboxylic acids is 1. The van der Waals surface area contributed by atoms with Gasteiger partial charge in [0.1, 0.15) is 0 Å². The molecule has 2 aromatic heterocycles. The van der Waals surface area contributed by atoms with Crippen molar-refractivity contribution >= 4 is 11.7 Å². The number of rotatable bonds is 6. The number of hydrogen-bond acceptors (Lipinski definition) is 7. The Morgan fingerprint density at radius 2 is 2.11 bits per heavy atom. The van der Waals surface area contributed by atoms with Crippen LogP contribution in [0.25, 0.3) is 21.9 Å². The van der Waals surface area contributed by atoms with Gasteiger partial charge in [-0.2, -0.15) is 5.10 Å². The van der Waals surface area contributed by atoms with Crippen LogP contribution in [0, 0.1) is 18.9 Å². The van der Waals surface area contributed by atoms with E-state index in [-0.39, 0.29) is 17.1 Å². The predicted molar refractivity (Wildman–Crippen MR) is 140 cm³/mol. The van der Waals surface area contributed by atoms with Crippen LogP contribution in [0.5, 0.6) is 0 Å². The molecule has 10 nitrogen and oxygen atoms in total. The number of ether oxygens (including phenoxy) is 1. The van der Waals surface area contributed by atoms with Crippen LogP contribution in [0.3, 0.4) is 0 Å². The Bertz CT molecular complexity index is 1350. The van der Waals surface area contributed by atoms with Crippen LogP contribution in [0.2, 0.25) is 0 Å². The van der Waals surface area contributed by atoms with E-state index in [1.807, 2.05) is 0 Å². The molecule has 1 fully saturated rings. The topological polar surface area (TPSA) is 116 Å². The molecular weight excluding hydrogens is 468 g/mol. The van der Waals surface area contributed by atoms with Crippen molar-refractivity contribution in [1.29, 1.82) is 0 Å². The Labute approximate surface area is 216 Å². The van der Waals surface area contributed by atoms with E-state index in [4.69, 9.17) is 22.0 Å². The molecule has 1 saturated heterocycles. The van der Waals surface area contributed by atoms with Crippen molar-refractivity contribution in [3.63, 3.8) is 0 Å². The van der Waals surface area contributed by atoms with Crippen molar-refractivity contribution in [3.8, 4) is 17.1 Å². The van der Waals surface area contributed by atoms with Crippen LogP contribution in [0.1, 0.15) is 39.9 Å². The summed E-state index contributed by atoms with van der Waals surface area (Å²) in [6.07, 6.45) is 7.33. The summed E-state index contributed by atoms with van der Waals surface area (Å²) < 4.78 is 6.94. The number of anilines is 1. The lowest BCUT2D eigenvalue weighted by Gasteiger charge is -2.32. The van der Waals surface area contributed by atoms with E-state index in [9.17, 15) is 4.79 Å². The van der Waals surface area contributed by atoms with Gasteiger partial charge in [-0.3, -0.25) is 4.79 Å². The van der Waals surface area contributed by atoms with E-state index in [0.29, 0.717) is 43.4 Å². The molecule has 2 aliphatic heterocycles. The lowest BCUT2D eigenvalue weighted by Crippen LogP contribution is -2.43. The molecule has 0 spiro atoms. The highest BCUT2D eigenvalue weighted by Crippen LogP contribution is 2.31. The van der Waals surface area contributed by atoms with E-state index in [2.05, 4.69) is 51.2 Å². The fourth-order valence-corrected chi connectivity index (χ4v) is 5.19. The standard InChI is InChI=1S/C27H32N8O2/c1-18-10-19(11-20-14-34(3)7-4-22(18)20)23-13-30-24(28)25(33-23)35-15-21(12-32-35)26(36)31-17-27(16-29-2)5-8-37-9-6-27/h10-13,15H,4-9,14,16-17H2,1,3H3,(H2,28,30)(H,31,36). The number of benzene rings is 1. The lowest BCUT2D eigenvalue weighted by atomic mass is 9.80. The van der Waals surface area contributed by atoms with Gasteiger partial charge in [-0.15, -0.1) is 0 Å². The molecule has 4 heterocycles. The van der Waals surface area contributed by atoms with Gasteiger partial charge in [-0.25, -0.2) is 21.2 Å². The molecule has 2 aliphatic rings. The quantitative estimate of drug-likeness (QED) is 0.500. The summed E-state index contributed by atoms with van der Waals surface area (Å²) in [5, 5.41) is 7.33. The fraction of sp³-hybridized carbons (Fsp3) is 0.444. The number of hydrogen-bond donors (Lipinski definition) is 2. The Morgan fingerprint density at radius 1 is 1.30 bits per heavy atom. The van der Waals surface area contributed by atoms with Crippen LogP contribution in [0.15, 0.2) is 30.7 Å². The number of carbonyl (C=O) groups is 1. The van der Waals surface area contributed by atoms with Crippen LogP contribution in [-0.4, -0.2) is 70.5 Å². The molecule has 1 aromatic carbocycles. The zero-order chi connectivity index (χ0) is 26.0. The molecule has 0 bridgehead atoms. The van der Waals surface area contributed by atoms with E-state index in [1.165, 1.54) is 27.6 Å². The Balaban J connectivity index is 1.36. The predicted octanol–water partition coefficient (Wildman–Crippen LogP) is 2.65. The second-order valence-electron chi connectivity index (χ2n) is 10.2. The van der Waals surface area contributed by atoms with Crippen LogP contribution in [0.4, 0.5) is 5.82 Å². The first-order valence-corrected chi connectivity index (χ1v) is 12.6. The number of nitrogens with one attached hydrogen (secondary N) is 1. The zero-order valence-corrected chi connectivity index (χ0v) is 21.3. The molecule has 0 radical (unpaired) electrons. The summed E-state index contributed by atoms with van der Waals surface area (Å²) in [4.78, 5) is 28.0. The number of likely N-dealkylation sites (N-methyl/N-ethyl adjacent to an activating group) is 1. The van der Waals surface area contributed by atoms with Gasteiger partial charge in [0.2, 0.25) is 6.54 Å². The normalized spacial score (nSPS) is 17.1. The van der Waals surface area contributed by atoms with Crippen LogP contribution in [-0.2, 0) is 17.7 Å². The number of fused-ring (bicyclic) bond motifs is 1. The first-order chi connectivity index (χ1) is 17.9. The van der Waals surface area contributed by atoms with Crippen molar-refractivity contribution < 1.29 is 9.53 Å². The fourth-order valence-electron chi connectivity index (χ4n) is 5.19. The molecule has 5 rings (SSSR count). The molecule has 192 valence electrons. The van der Waals surface area contributed by atoms with Crippen LogP contribution < -0.4 is 11.1 Å². The van der Waals surface area contributed by atoms with Gasteiger partial charge >= 0.3 is 0 Å². The molecular formula is C27H32N8O2. The summed E-state index contributed by atoms with van der Waals surface area (Å²) in [6.45, 7) is 13.4. The summed E-state index contributed by atoms with van der Waals surface area (Å²) in [7, 11) is 2.13. The maximum absolute atomic E-state index is 12.9. The lowest BCUT2D eigenvalue weighted by molar-refractivity contribution is 0.0225. The molecule has 0 aliphatic carbocycles. The maximum Gasteiger partial charge on any atom is 0.254 e. The summed E-state index contributed by atoms with van der Waals surface area (Å²) in [6, 6.07) is 4.32.